The molecule has 0 saturated heterocycles. The number of fused-ring (bicyclic) bond motifs is 2. The summed E-state index contributed by atoms with van der Waals surface area (Å²) in [4.78, 5) is 0. The second-order valence-corrected chi connectivity index (χ2v) is 5.50. The van der Waals surface area contributed by atoms with Crippen molar-refractivity contribution in [2.24, 2.45) is 0 Å². The van der Waals surface area contributed by atoms with Gasteiger partial charge in [0.05, 0.1) is 12.4 Å². The van der Waals surface area contributed by atoms with Crippen LogP contribution in [0.1, 0.15) is 54.0 Å². The fourth-order valence-electron chi connectivity index (χ4n) is 3.49. The van der Waals surface area contributed by atoms with E-state index in [9.17, 15) is 0 Å². The van der Waals surface area contributed by atoms with Crippen molar-refractivity contribution in [3.8, 4) is 0 Å². The predicted molar refractivity (Wildman–Crippen MR) is 73.1 cm³/mol. The largest absolute Gasteiger partial charge is 0.464 e. The monoisotopic (exact) mass is 244 g/mol. The summed E-state index contributed by atoms with van der Waals surface area (Å²) in [6.45, 7) is 6.66. The Labute approximate surface area is 108 Å². The van der Waals surface area contributed by atoms with Gasteiger partial charge in [-0.2, -0.15) is 0 Å². The number of hydrogen-bond acceptors (Lipinski definition) is 2. The molecule has 18 heavy (non-hydrogen) atoms. The highest BCUT2D eigenvalue weighted by atomic mass is 16.5. The first-order chi connectivity index (χ1) is 8.63. The van der Waals surface area contributed by atoms with Crippen molar-refractivity contribution in [2.75, 3.05) is 7.11 Å². The third-order valence-corrected chi connectivity index (χ3v) is 4.37. The van der Waals surface area contributed by atoms with E-state index in [1.807, 2.05) is 6.26 Å². The van der Waals surface area contributed by atoms with Crippen molar-refractivity contribution in [1.29, 1.82) is 0 Å². The van der Waals surface area contributed by atoms with Crippen LogP contribution in [0.2, 0.25) is 0 Å². The normalized spacial score (nSPS) is 23.3. The molecule has 0 fully saturated rings. The van der Waals surface area contributed by atoms with Gasteiger partial charge in [-0.25, -0.2) is 0 Å². The molecule has 1 heterocycles. The molecular weight excluding hydrogens is 224 g/mol. The molecule has 2 aromatic rings. The van der Waals surface area contributed by atoms with Crippen LogP contribution in [-0.4, -0.2) is 7.11 Å². The Bertz CT molecular complexity index is 595. The van der Waals surface area contributed by atoms with Crippen LogP contribution in [0.3, 0.4) is 0 Å². The first-order valence-electron chi connectivity index (χ1n) is 6.67. The predicted octanol–water partition coefficient (Wildman–Crippen LogP) is 4.63. The quantitative estimate of drug-likeness (QED) is 0.729. The van der Waals surface area contributed by atoms with E-state index in [2.05, 4.69) is 26.8 Å². The first-order valence-corrected chi connectivity index (χ1v) is 6.67. The lowest BCUT2D eigenvalue weighted by molar-refractivity contribution is 0.0850. The Balaban J connectivity index is 2.34. The van der Waals surface area contributed by atoms with Gasteiger partial charge in [-0.1, -0.05) is 6.92 Å². The summed E-state index contributed by atoms with van der Waals surface area (Å²) >= 11 is 0. The summed E-state index contributed by atoms with van der Waals surface area (Å²) in [5.41, 5.74) is 6.42. The van der Waals surface area contributed by atoms with Crippen molar-refractivity contribution in [2.45, 2.75) is 45.6 Å². The minimum Gasteiger partial charge on any atom is -0.464 e. The van der Waals surface area contributed by atoms with Gasteiger partial charge in [-0.05, 0) is 60.9 Å². The molecule has 96 valence electrons. The van der Waals surface area contributed by atoms with Crippen LogP contribution in [-0.2, 0) is 4.74 Å². The first kappa shape index (κ1) is 11.8. The van der Waals surface area contributed by atoms with Crippen LogP contribution in [0, 0.1) is 13.8 Å². The Morgan fingerprint density at radius 3 is 2.78 bits per heavy atom. The molecule has 0 radical (unpaired) electrons. The lowest BCUT2D eigenvalue weighted by atomic mass is 9.78. The van der Waals surface area contributed by atoms with E-state index in [4.69, 9.17) is 9.15 Å². The van der Waals surface area contributed by atoms with Crippen LogP contribution >= 0.6 is 0 Å². The van der Waals surface area contributed by atoms with Gasteiger partial charge in [0.25, 0.3) is 0 Å². The zero-order chi connectivity index (χ0) is 12.9. The minimum atomic E-state index is 0.227. The SMILES string of the molecule is COC1CCC(C)c2c1cc1occ(C)c1c2C. The molecule has 2 nitrogen and oxygen atoms in total. The summed E-state index contributed by atoms with van der Waals surface area (Å²) in [5.74, 6) is 0.616. The van der Waals surface area contributed by atoms with Crippen molar-refractivity contribution in [3.63, 3.8) is 0 Å². The molecule has 0 aliphatic heterocycles. The lowest BCUT2D eigenvalue weighted by Crippen LogP contribution is -2.15. The van der Waals surface area contributed by atoms with Gasteiger partial charge in [0.1, 0.15) is 5.58 Å². The van der Waals surface area contributed by atoms with E-state index in [1.165, 1.54) is 34.1 Å². The van der Waals surface area contributed by atoms with E-state index in [0.29, 0.717) is 5.92 Å². The van der Waals surface area contributed by atoms with Crippen LogP contribution in [0.25, 0.3) is 11.0 Å². The van der Waals surface area contributed by atoms with Crippen molar-refractivity contribution in [3.05, 3.63) is 34.6 Å². The Morgan fingerprint density at radius 2 is 2.06 bits per heavy atom. The van der Waals surface area contributed by atoms with Gasteiger partial charge in [-0.3, -0.25) is 0 Å². The number of benzene rings is 1. The third-order valence-electron chi connectivity index (χ3n) is 4.37. The standard InChI is InChI=1S/C16H20O2/c1-9-5-6-13(17-4)12-7-14-16(10(2)8-18-14)11(3)15(9)12/h7-9,13H,5-6H2,1-4H3. The smallest absolute Gasteiger partial charge is 0.134 e. The number of rotatable bonds is 1. The second kappa shape index (κ2) is 4.13. The van der Waals surface area contributed by atoms with E-state index in [-0.39, 0.29) is 6.10 Å². The van der Waals surface area contributed by atoms with Crippen LogP contribution in [0.15, 0.2) is 16.7 Å². The summed E-state index contributed by atoms with van der Waals surface area (Å²) < 4.78 is 11.3. The second-order valence-electron chi connectivity index (χ2n) is 5.50. The van der Waals surface area contributed by atoms with Crippen molar-refractivity contribution in [1.82, 2.24) is 0 Å². The molecule has 1 aliphatic carbocycles. The zero-order valence-corrected chi connectivity index (χ0v) is 11.5. The highest BCUT2D eigenvalue weighted by Gasteiger charge is 2.28. The maximum Gasteiger partial charge on any atom is 0.134 e. The summed E-state index contributed by atoms with van der Waals surface area (Å²) in [5, 5.41) is 1.29. The zero-order valence-electron chi connectivity index (χ0n) is 11.5. The van der Waals surface area contributed by atoms with Crippen molar-refractivity contribution < 1.29 is 9.15 Å². The highest BCUT2D eigenvalue weighted by Crippen LogP contribution is 2.43. The van der Waals surface area contributed by atoms with Gasteiger partial charge >= 0.3 is 0 Å². The lowest BCUT2D eigenvalue weighted by Gasteiger charge is -2.30. The van der Waals surface area contributed by atoms with Gasteiger partial charge in [0, 0.05) is 12.5 Å². The molecule has 1 aromatic heterocycles. The number of aryl methyl sites for hydroxylation is 2. The average molecular weight is 244 g/mol. The van der Waals surface area contributed by atoms with Gasteiger partial charge < -0.3 is 9.15 Å². The van der Waals surface area contributed by atoms with Crippen LogP contribution in [0.5, 0.6) is 0 Å². The van der Waals surface area contributed by atoms with Gasteiger partial charge in [0.2, 0.25) is 0 Å². The topological polar surface area (TPSA) is 22.4 Å². The highest BCUT2D eigenvalue weighted by molar-refractivity contribution is 5.86. The third kappa shape index (κ3) is 1.52. The molecule has 2 heteroatoms. The van der Waals surface area contributed by atoms with E-state index < -0.39 is 0 Å². The van der Waals surface area contributed by atoms with Gasteiger partial charge in [-0.15, -0.1) is 0 Å². The fourth-order valence-corrected chi connectivity index (χ4v) is 3.49. The van der Waals surface area contributed by atoms with Crippen LogP contribution in [0.4, 0.5) is 0 Å². The Morgan fingerprint density at radius 1 is 1.28 bits per heavy atom. The molecule has 2 atom stereocenters. The maximum absolute atomic E-state index is 5.67. The molecule has 0 N–H and O–H groups in total. The molecule has 0 amide bonds. The van der Waals surface area contributed by atoms with Crippen molar-refractivity contribution >= 4 is 11.0 Å². The molecule has 0 bridgehead atoms. The number of methoxy groups -OCH3 is 1. The molecule has 0 spiro atoms. The number of furan rings is 1. The minimum absolute atomic E-state index is 0.227. The molecule has 1 aromatic carbocycles. The summed E-state index contributed by atoms with van der Waals surface area (Å²) in [6, 6.07) is 2.19. The average Bonchev–Trinajstić information content (AvgIpc) is 2.72. The maximum atomic E-state index is 5.67. The molecule has 0 saturated carbocycles. The summed E-state index contributed by atoms with van der Waals surface area (Å²) in [6.07, 6.45) is 4.39. The van der Waals surface area contributed by atoms with E-state index in [0.717, 1.165) is 12.0 Å². The number of hydrogen-bond donors (Lipinski definition) is 0. The molecular formula is C16H20O2. The summed E-state index contributed by atoms with van der Waals surface area (Å²) in [7, 11) is 1.80. The molecule has 1 aliphatic rings. The van der Waals surface area contributed by atoms with E-state index in [1.54, 1.807) is 7.11 Å². The molecule has 2 unspecified atom stereocenters. The Kier molecular flexibility index (Phi) is 2.70. The van der Waals surface area contributed by atoms with E-state index >= 15 is 0 Å². The number of ether oxygens (including phenoxy) is 1. The van der Waals surface area contributed by atoms with Crippen LogP contribution < -0.4 is 0 Å². The van der Waals surface area contributed by atoms with Gasteiger partial charge in [0.15, 0.2) is 0 Å². The Hall–Kier alpha value is -1.28. The fraction of sp³-hybridized carbons (Fsp3) is 0.500. The molecule has 3 rings (SSSR count).